The Morgan fingerprint density at radius 3 is 2.61 bits per heavy atom. The minimum Gasteiger partial charge on any atom is -0.374 e. The number of nitrogens with one attached hydrogen (secondary N) is 1. The number of likely N-dealkylation sites (N-methyl/N-ethyl adjacent to an activating group) is 1. The number of nitrogens with zero attached hydrogens (tertiary/aromatic N) is 2. The average Bonchev–Trinajstić information content (AvgIpc) is 2.63. The summed E-state index contributed by atoms with van der Waals surface area (Å²) in [6, 6.07) is 12.0. The van der Waals surface area contributed by atoms with Crippen molar-refractivity contribution in [1.82, 2.24) is 9.62 Å². The smallest absolute Gasteiger partial charge is 0.240 e. The van der Waals surface area contributed by atoms with E-state index in [1.807, 2.05) is 40.1 Å². The van der Waals surface area contributed by atoms with Gasteiger partial charge in [-0.1, -0.05) is 24.3 Å². The van der Waals surface area contributed by atoms with E-state index in [4.69, 9.17) is 0 Å². The molecule has 0 spiro atoms. The van der Waals surface area contributed by atoms with E-state index >= 15 is 0 Å². The molecule has 0 saturated heterocycles. The molecule has 152 valence electrons. The van der Waals surface area contributed by atoms with Crippen molar-refractivity contribution >= 4 is 15.7 Å². The first-order chi connectivity index (χ1) is 13.2. The highest BCUT2D eigenvalue weighted by Crippen LogP contribution is 2.30. The van der Waals surface area contributed by atoms with Crippen LogP contribution in [0.5, 0.6) is 0 Å². The molecule has 0 saturated carbocycles. The molecule has 0 unspecified atom stereocenters. The van der Waals surface area contributed by atoms with Crippen LogP contribution < -0.4 is 9.62 Å². The van der Waals surface area contributed by atoms with Crippen LogP contribution in [-0.4, -0.2) is 47.6 Å². The summed E-state index contributed by atoms with van der Waals surface area (Å²) in [5.74, 6) is 0. The van der Waals surface area contributed by atoms with Gasteiger partial charge in [0.1, 0.15) is 0 Å². The molecule has 0 fully saturated rings. The lowest BCUT2D eigenvalue weighted by atomic mass is 9.96. The van der Waals surface area contributed by atoms with E-state index in [9.17, 15) is 8.42 Å². The second-order valence-electron chi connectivity index (χ2n) is 8.01. The van der Waals surface area contributed by atoms with Crippen molar-refractivity contribution in [2.24, 2.45) is 0 Å². The SMILES string of the molecule is Cc1ccc(C)c(S(=O)(=O)NC[C@H](c2ccc3c(c2)CCCN3C)N(C)C)c1. The van der Waals surface area contributed by atoms with Crippen LogP contribution in [0, 0.1) is 13.8 Å². The van der Waals surface area contributed by atoms with Crippen LogP contribution in [0.3, 0.4) is 0 Å². The molecule has 1 aliphatic heterocycles. The average molecular weight is 402 g/mol. The number of aryl methyl sites for hydroxylation is 3. The zero-order valence-electron chi connectivity index (χ0n) is 17.5. The fourth-order valence-electron chi connectivity index (χ4n) is 3.87. The summed E-state index contributed by atoms with van der Waals surface area (Å²) in [6.07, 6.45) is 2.22. The number of sulfonamides is 1. The Balaban J connectivity index is 1.83. The minimum absolute atomic E-state index is 0.0302. The molecule has 0 bridgehead atoms. The van der Waals surface area contributed by atoms with Gasteiger partial charge in [-0.3, -0.25) is 0 Å². The summed E-state index contributed by atoms with van der Waals surface area (Å²) in [5, 5.41) is 0. The molecule has 1 heterocycles. The lowest BCUT2D eigenvalue weighted by molar-refractivity contribution is 0.299. The van der Waals surface area contributed by atoms with Crippen LogP contribution >= 0.6 is 0 Å². The van der Waals surface area contributed by atoms with Gasteiger partial charge in [-0.2, -0.15) is 0 Å². The maximum atomic E-state index is 12.9. The molecule has 1 N–H and O–H groups in total. The van der Waals surface area contributed by atoms with Gasteiger partial charge in [-0.15, -0.1) is 0 Å². The minimum atomic E-state index is -3.56. The van der Waals surface area contributed by atoms with Crippen LogP contribution in [0.1, 0.15) is 34.7 Å². The van der Waals surface area contributed by atoms with Crippen molar-refractivity contribution in [1.29, 1.82) is 0 Å². The van der Waals surface area contributed by atoms with Gasteiger partial charge in [0.2, 0.25) is 10.0 Å². The molecule has 0 aromatic heterocycles. The van der Waals surface area contributed by atoms with Crippen LogP contribution in [-0.2, 0) is 16.4 Å². The predicted octanol–water partition coefficient (Wildman–Crippen LogP) is 3.27. The summed E-state index contributed by atoms with van der Waals surface area (Å²) in [5.41, 5.74) is 5.46. The maximum Gasteiger partial charge on any atom is 0.240 e. The van der Waals surface area contributed by atoms with Gasteiger partial charge in [-0.05, 0) is 75.2 Å². The van der Waals surface area contributed by atoms with Gasteiger partial charge in [-0.25, -0.2) is 13.1 Å². The number of anilines is 1. The Morgan fingerprint density at radius 2 is 1.89 bits per heavy atom. The Hall–Kier alpha value is -1.89. The van der Waals surface area contributed by atoms with Gasteiger partial charge in [0.05, 0.1) is 4.90 Å². The van der Waals surface area contributed by atoms with Crippen molar-refractivity contribution in [2.45, 2.75) is 37.6 Å². The number of hydrogen-bond acceptors (Lipinski definition) is 4. The van der Waals surface area contributed by atoms with Crippen molar-refractivity contribution in [3.05, 3.63) is 58.7 Å². The summed E-state index contributed by atoms with van der Waals surface area (Å²) >= 11 is 0. The normalized spacial score (nSPS) is 15.6. The Kier molecular flexibility index (Phi) is 6.12. The van der Waals surface area contributed by atoms with Crippen molar-refractivity contribution in [3.8, 4) is 0 Å². The highest BCUT2D eigenvalue weighted by Gasteiger charge is 2.23. The van der Waals surface area contributed by atoms with E-state index in [-0.39, 0.29) is 6.04 Å². The molecule has 6 heteroatoms. The molecule has 1 atom stereocenters. The van der Waals surface area contributed by atoms with Gasteiger partial charge < -0.3 is 9.80 Å². The second-order valence-corrected chi connectivity index (χ2v) is 9.75. The van der Waals surface area contributed by atoms with Gasteiger partial charge >= 0.3 is 0 Å². The summed E-state index contributed by atoms with van der Waals surface area (Å²) in [4.78, 5) is 4.72. The number of fused-ring (bicyclic) bond motifs is 1. The van der Waals surface area contributed by atoms with Crippen LogP contribution in [0.25, 0.3) is 0 Å². The Morgan fingerprint density at radius 1 is 1.14 bits per heavy atom. The zero-order chi connectivity index (χ0) is 20.5. The largest absolute Gasteiger partial charge is 0.374 e. The molecular weight excluding hydrogens is 370 g/mol. The van der Waals surface area contributed by atoms with E-state index in [0.29, 0.717) is 11.4 Å². The standard InChI is InChI=1S/C22H31N3O2S/c1-16-8-9-17(2)22(13-16)28(26,27)23-15-21(24(3)4)19-10-11-20-18(14-19)7-6-12-25(20)5/h8-11,13-14,21,23H,6-7,12,15H2,1-5H3/t21-/m1/s1. The van der Waals surface area contributed by atoms with Gasteiger partial charge in [0.15, 0.2) is 0 Å². The van der Waals surface area contributed by atoms with E-state index in [1.54, 1.807) is 6.07 Å². The first-order valence-corrected chi connectivity index (χ1v) is 11.2. The topological polar surface area (TPSA) is 52.7 Å². The lowest BCUT2D eigenvalue weighted by Gasteiger charge is -2.30. The molecular formula is C22H31N3O2S. The molecule has 28 heavy (non-hydrogen) atoms. The quantitative estimate of drug-likeness (QED) is 0.807. The monoisotopic (exact) mass is 401 g/mol. The molecule has 0 aliphatic carbocycles. The number of hydrogen-bond donors (Lipinski definition) is 1. The van der Waals surface area contributed by atoms with E-state index in [0.717, 1.165) is 36.1 Å². The van der Waals surface area contributed by atoms with E-state index in [2.05, 4.69) is 39.8 Å². The van der Waals surface area contributed by atoms with Gasteiger partial charge in [0.25, 0.3) is 0 Å². The van der Waals surface area contributed by atoms with Crippen LogP contribution in [0.4, 0.5) is 5.69 Å². The van der Waals surface area contributed by atoms with Crippen molar-refractivity contribution in [3.63, 3.8) is 0 Å². The Bertz CT molecular complexity index is 954. The summed E-state index contributed by atoms with van der Waals surface area (Å²) in [6.45, 7) is 5.15. The molecule has 0 radical (unpaired) electrons. The molecule has 2 aromatic rings. The summed E-state index contributed by atoms with van der Waals surface area (Å²) in [7, 11) is 2.54. The van der Waals surface area contributed by atoms with Gasteiger partial charge in [0, 0.05) is 31.9 Å². The summed E-state index contributed by atoms with van der Waals surface area (Å²) < 4.78 is 28.6. The van der Waals surface area contributed by atoms with Crippen LogP contribution in [0.15, 0.2) is 41.3 Å². The maximum absolute atomic E-state index is 12.9. The Labute approximate surface area is 169 Å². The fraction of sp³-hybridized carbons (Fsp3) is 0.455. The highest BCUT2D eigenvalue weighted by atomic mass is 32.2. The third-order valence-electron chi connectivity index (χ3n) is 5.56. The first kappa shape index (κ1) is 20.8. The molecule has 0 amide bonds. The predicted molar refractivity (Wildman–Crippen MR) is 116 cm³/mol. The molecule has 1 aliphatic rings. The zero-order valence-corrected chi connectivity index (χ0v) is 18.3. The van der Waals surface area contributed by atoms with Crippen molar-refractivity contribution in [2.75, 3.05) is 39.1 Å². The number of rotatable bonds is 6. The fourth-order valence-corrected chi connectivity index (χ4v) is 5.24. The van der Waals surface area contributed by atoms with Crippen LogP contribution in [0.2, 0.25) is 0 Å². The highest BCUT2D eigenvalue weighted by molar-refractivity contribution is 7.89. The molecule has 5 nitrogen and oxygen atoms in total. The van der Waals surface area contributed by atoms with Crippen molar-refractivity contribution < 1.29 is 8.42 Å². The second kappa shape index (κ2) is 8.23. The molecule has 2 aromatic carbocycles. The van der Waals surface area contributed by atoms with E-state index < -0.39 is 10.0 Å². The molecule has 3 rings (SSSR count). The third-order valence-corrected chi connectivity index (χ3v) is 7.13. The van der Waals surface area contributed by atoms with E-state index in [1.165, 1.54) is 11.3 Å². The third kappa shape index (κ3) is 4.40. The first-order valence-electron chi connectivity index (χ1n) is 9.76. The number of benzene rings is 2. The lowest BCUT2D eigenvalue weighted by Crippen LogP contribution is -2.35.